The number of hydrogen-bond donors (Lipinski definition) is 0. The van der Waals surface area contributed by atoms with Crippen molar-refractivity contribution < 1.29 is 9.47 Å². The monoisotopic (exact) mass is 200 g/mol. The molecule has 0 bridgehead atoms. The summed E-state index contributed by atoms with van der Waals surface area (Å²) in [6.07, 6.45) is 4.03. The van der Waals surface area contributed by atoms with Crippen LogP contribution in [0.25, 0.3) is 0 Å². The van der Waals surface area contributed by atoms with Crippen LogP contribution in [0.4, 0.5) is 0 Å². The smallest absolute Gasteiger partial charge is 0.0811 e. The van der Waals surface area contributed by atoms with Gasteiger partial charge in [-0.2, -0.15) is 0 Å². The van der Waals surface area contributed by atoms with E-state index >= 15 is 0 Å². The molecule has 0 aliphatic carbocycles. The molecule has 0 spiro atoms. The van der Waals surface area contributed by atoms with Crippen LogP contribution < -0.4 is 0 Å². The molecule has 0 N–H and O–H groups in total. The Bertz CT molecular complexity index is 147. The first-order valence-corrected chi connectivity index (χ1v) is 5.91. The Morgan fingerprint density at radius 1 is 1.21 bits per heavy atom. The van der Waals surface area contributed by atoms with Gasteiger partial charge in [-0.05, 0) is 38.0 Å². The summed E-state index contributed by atoms with van der Waals surface area (Å²) >= 11 is 0. The van der Waals surface area contributed by atoms with Crippen molar-refractivity contribution in [2.45, 2.75) is 46.1 Å². The second-order valence-corrected chi connectivity index (χ2v) is 4.62. The van der Waals surface area contributed by atoms with Gasteiger partial charge in [-0.1, -0.05) is 13.8 Å². The van der Waals surface area contributed by atoms with Gasteiger partial charge >= 0.3 is 0 Å². The molecular weight excluding hydrogens is 176 g/mol. The highest BCUT2D eigenvalue weighted by molar-refractivity contribution is 4.69. The molecule has 0 radical (unpaired) electrons. The number of hydrogen-bond acceptors (Lipinski definition) is 2. The molecule has 1 rings (SSSR count). The van der Waals surface area contributed by atoms with Crippen molar-refractivity contribution in [3.8, 4) is 0 Å². The zero-order valence-corrected chi connectivity index (χ0v) is 9.79. The molecule has 1 heterocycles. The predicted octanol–water partition coefficient (Wildman–Crippen LogP) is 2.86. The van der Waals surface area contributed by atoms with Gasteiger partial charge in [0.1, 0.15) is 0 Å². The van der Waals surface area contributed by atoms with Crippen molar-refractivity contribution in [1.29, 1.82) is 0 Å². The predicted molar refractivity (Wildman–Crippen MR) is 58.4 cm³/mol. The fourth-order valence-corrected chi connectivity index (χ4v) is 2.22. The lowest BCUT2D eigenvalue weighted by molar-refractivity contribution is -0.0379. The van der Waals surface area contributed by atoms with Gasteiger partial charge in [-0.3, -0.25) is 0 Å². The maximum Gasteiger partial charge on any atom is 0.0811 e. The van der Waals surface area contributed by atoms with E-state index < -0.39 is 0 Å². The van der Waals surface area contributed by atoms with E-state index in [0.29, 0.717) is 6.10 Å². The average Bonchev–Trinajstić information content (AvgIpc) is 2.10. The Morgan fingerprint density at radius 3 is 2.71 bits per heavy atom. The summed E-state index contributed by atoms with van der Waals surface area (Å²) in [6, 6.07) is 0. The number of rotatable bonds is 3. The van der Waals surface area contributed by atoms with Crippen molar-refractivity contribution in [2.75, 3.05) is 19.8 Å². The Morgan fingerprint density at radius 2 is 2.00 bits per heavy atom. The lowest BCUT2D eigenvalue weighted by Crippen LogP contribution is -2.26. The molecule has 0 amide bonds. The third-order valence-corrected chi connectivity index (χ3v) is 2.94. The summed E-state index contributed by atoms with van der Waals surface area (Å²) in [6.45, 7) is 9.16. The summed E-state index contributed by atoms with van der Waals surface area (Å²) < 4.78 is 11.2. The summed E-state index contributed by atoms with van der Waals surface area (Å²) in [5, 5.41) is 0. The topological polar surface area (TPSA) is 18.5 Å². The standard InChI is InChI=1S/C12H24O2/c1-4-13-9-12-8-11(3)7-10(2)5-6-14-12/h10-12H,4-9H2,1-3H3. The summed E-state index contributed by atoms with van der Waals surface area (Å²) in [4.78, 5) is 0. The second-order valence-electron chi connectivity index (χ2n) is 4.62. The van der Waals surface area contributed by atoms with E-state index in [1.165, 1.54) is 12.8 Å². The van der Waals surface area contributed by atoms with Crippen LogP contribution in [0.2, 0.25) is 0 Å². The van der Waals surface area contributed by atoms with E-state index in [1.807, 2.05) is 6.92 Å². The van der Waals surface area contributed by atoms with Crippen LogP contribution in [0.3, 0.4) is 0 Å². The van der Waals surface area contributed by atoms with Crippen molar-refractivity contribution in [3.05, 3.63) is 0 Å². The molecule has 0 saturated carbocycles. The van der Waals surface area contributed by atoms with E-state index in [1.54, 1.807) is 0 Å². The SMILES string of the molecule is CCOCC1CC(C)CC(C)CCO1. The molecule has 2 heteroatoms. The molecule has 1 aliphatic heterocycles. The van der Waals surface area contributed by atoms with Crippen LogP contribution >= 0.6 is 0 Å². The molecule has 14 heavy (non-hydrogen) atoms. The molecule has 0 aromatic rings. The normalized spacial score (nSPS) is 34.9. The van der Waals surface area contributed by atoms with Gasteiger partial charge in [0, 0.05) is 13.2 Å². The average molecular weight is 200 g/mol. The first-order chi connectivity index (χ1) is 6.72. The lowest BCUT2D eigenvalue weighted by atomic mass is 9.90. The second kappa shape index (κ2) is 6.41. The van der Waals surface area contributed by atoms with E-state index in [9.17, 15) is 0 Å². The minimum Gasteiger partial charge on any atom is -0.379 e. The molecule has 1 fully saturated rings. The van der Waals surface area contributed by atoms with Gasteiger partial charge in [-0.25, -0.2) is 0 Å². The lowest BCUT2D eigenvalue weighted by Gasteiger charge is -2.27. The Balaban J connectivity index is 2.30. The molecule has 3 atom stereocenters. The van der Waals surface area contributed by atoms with Gasteiger partial charge in [0.2, 0.25) is 0 Å². The molecule has 2 nitrogen and oxygen atoms in total. The van der Waals surface area contributed by atoms with Gasteiger partial charge in [0.15, 0.2) is 0 Å². The molecule has 0 aromatic carbocycles. The quantitative estimate of drug-likeness (QED) is 0.697. The first-order valence-electron chi connectivity index (χ1n) is 5.91. The maximum atomic E-state index is 5.80. The van der Waals surface area contributed by atoms with Crippen molar-refractivity contribution in [3.63, 3.8) is 0 Å². The Hall–Kier alpha value is -0.0800. The summed E-state index contributed by atoms with van der Waals surface area (Å²) in [7, 11) is 0. The fourth-order valence-electron chi connectivity index (χ4n) is 2.22. The minimum absolute atomic E-state index is 0.331. The zero-order valence-electron chi connectivity index (χ0n) is 9.79. The molecule has 1 aliphatic rings. The van der Waals surface area contributed by atoms with Crippen molar-refractivity contribution in [2.24, 2.45) is 11.8 Å². The van der Waals surface area contributed by atoms with Gasteiger partial charge in [0.25, 0.3) is 0 Å². The maximum absolute atomic E-state index is 5.80. The Kier molecular flexibility index (Phi) is 5.49. The van der Waals surface area contributed by atoms with Crippen LogP contribution in [0.1, 0.15) is 40.0 Å². The molecule has 84 valence electrons. The minimum atomic E-state index is 0.331. The van der Waals surface area contributed by atoms with E-state index in [4.69, 9.17) is 9.47 Å². The van der Waals surface area contributed by atoms with Gasteiger partial charge in [-0.15, -0.1) is 0 Å². The highest BCUT2D eigenvalue weighted by atomic mass is 16.5. The van der Waals surface area contributed by atoms with E-state index in [-0.39, 0.29) is 0 Å². The molecule has 0 aromatic heterocycles. The zero-order chi connectivity index (χ0) is 10.4. The van der Waals surface area contributed by atoms with Crippen molar-refractivity contribution in [1.82, 2.24) is 0 Å². The summed E-state index contributed by atoms with van der Waals surface area (Å²) in [5.74, 6) is 1.59. The van der Waals surface area contributed by atoms with Gasteiger partial charge in [0.05, 0.1) is 12.7 Å². The molecule has 3 unspecified atom stereocenters. The van der Waals surface area contributed by atoms with Gasteiger partial charge < -0.3 is 9.47 Å². The van der Waals surface area contributed by atoms with E-state index in [0.717, 1.165) is 38.1 Å². The van der Waals surface area contributed by atoms with Crippen LogP contribution in [0.5, 0.6) is 0 Å². The highest BCUT2D eigenvalue weighted by Crippen LogP contribution is 2.23. The molecular formula is C12H24O2. The first kappa shape index (κ1) is 12.0. The van der Waals surface area contributed by atoms with Crippen LogP contribution in [-0.2, 0) is 9.47 Å². The Labute approximate surface area is 88.0 Å². The fraction of sp³-hybridized carbons (Fsp3) is 1.00. The number of ether oxygens (including phenoxy) is 2. The van der Waals surface area contributed by atoms with Crippen LogP contribution in [0, 0.1) is 11.8 Å². The van der Waals surface area contributed by atoms with E-state index in [2.05, 4.69) is 13.8 Å². The van der Waals surface area contributed by atoms with Crippen LogP contribution in [0.15, 0.2) is 0 Å². The largest absolute Gasteiger partial charge is 0.379 e. The third-order valence-electron chi connectivity index (χ3n) is 2.94. The summed E-state index contributed by atoms with van der Waals surface area (Å²) in [5.41, 5.74) is 0. The molecule has 1 saturated heterocycles. The third kappa shape index (κ3) is 4.43. The van der Waals surface area contributed by atoms with Crippen LogP contribution in [-0.4, -0.2) is 25.9 Å². The van der Waals surface area contributed by atoms with Crippen molar-refractivity contribution >= 4 is 0 Å². The highest BCUT2D eigenvalue weighted by Gasteiger charge is 2.19.